The summed E-state index contributed by atoms with van der Waals surface area (Å²) in [4.78, 5) is 10.5. The minimum atomic E-state index is -4.64. The molecular formula is C8H14F3NO2. The highest BCUT2D eigenvalue weighted by atomic mass is 19.4. The van der Waals surface area contributed by atoms with Gasteiger partial charge in [-0.3, -0.25) is 4.79 Å². The predicted octanol–water partition coefficient (Wildman–Crippen LogP) is 1.77. The average Bonchev–Trinajstić information content (AvgIpc) is 2.02. The molecule has 3 nitrogen and oxygen atoms in total. The molecular weight excluding hydrogens is 199 g/mol. The van der Waals surface area contributed by atoms with E-state index < -0.39 is 24.1 Å². The van der Waals surface area contributed by atoms with Crippen LogP contribution < -0.4 is 5.73 Å². The van der Waals surface area contributed by atoms with Crippen molar-refractivity contribution in [3.05, 3.63) is 0 Å². The largest absolute Gasteiger partial charge is 0.481 e. The Morgan fingerprint density at radius 3 is 2.29 bits per heavy atom. The molecule has 0 aromatic heterocycles. The number of alkyl halides is 3. The molecule has 0 aliphatic carbocycles. The Morgan fingerprint density at radius 2 is 2.00 bits per heavy atom. The molecule has 0 unspecified atom stereocenters. The summed E-state index contributed by atoms with van der Waals surface area (Å²) in [5, 5.41) is 8.55. The zero-order valence-electron chi connectivity index (χ0n) is 7.84. The summed E-state index contributed by atoms with van der Waals surface area (Å²) < 4.78 is 36.3. The molecule has 3 N–H and O–H groups in total. The van der Waals surface area contributed by atoms with Gasteiger partial charge in [-0.05, 0) is 6.42 Å². The summed E-state index contributed by atoms with van der Waals surface area (Å²) >= 11 is 0. The van der Waals surface area contributed by atoms with Crippen LogP contribution in [0.2, 0.25) is 0 Å². The van der Waals surface area contributed by atoms with Crippen molar-refractivity contribution in [2.45, 2.75) is 38.4 Å². The lowest BCUT2D eigenvalue weighted by molar-refractivity contribution is -0.173. The van der Waals surface area contributed by atoms with E-state index in [0.29, 0.717) is 12.8 Å². The molecule has 0 radical (unpaired) electrons. The molecule has 84 valence electrons. The van der Waals surface area contributed by atoms with Crippen LogP contribution in [0.25, 0.3) is 0 Å². The van der Waals surface area contributed by atoms with Crippen LogP contribution in [0.15, 0.2) is 0 Å². The van der Waals surface area contributed by atoms with Crippen molar-refractivity contribution in [1.82, 2.24) is 0 Å². The van der Waals surface area contributed by atoms with Crippen LogP contribution in [0.1, 0.15) is 26.2 Å². The lowest BCUT2D eigenvalue weighted by Crippen LogP contribution is -2.46. The highest BCUT2D eigenvalue weighted by Crippen LogP contribution is 2.26. The lowest BCUT2D eigenvalue weighted by Gasteiger charge is -2.22. The zero-order valence-corrected chi connectivity index (χ0v) is 7.84. The van der Waals surface area contributed by atoms with Crippen molar-refractivity contribution < 1.29 is 23.1 Å². The van der Waals surface area contributed by atoms with E-state index in [0.717, 1.165) is 0 Å². The van der Waals surface area contributed by atoms with Gasteiger partial charge in [-0.25, -0.2) is 0 Å². The van der Waals surface area contributed by atoms with Gasteiger partial charge in [0.1, 0.15) is 6.04 Å². The maximum atomic E-state index is 12.1. The Balaban J connectivity index is 4.41. The van der Waals surface area contributed by atoms with Crippen molar-refractivity contribution in [2.24, 2.45) is 11.7 Å². The van der Waals surface area contributed by atoms with Crippen molar-refractivity contribution in [3.8, 4) is 0 Å². The third-order valence-corrected chi connectivity index (χ3v) is 2.00. The van der Waals surface area contributed by atoms with Gasteiger partial charge >= 0.3 is 12.1 Å². The van der Waals surface area contributed by atoms with E-state index in [4.69, 9.17) is 10.8 Å². The van der Waals surface area contributed by atoms with Gasteiger partial charge in [0.15, 0.2) is 0 Å². The van der Waals surface area contributed by atoms with Crippen molar-refractivity contribution in [3.63, 3.8) is 0 Å². The first-order valence-corrected chi connectivity index (χ1v) is 4.35. The van der Waals surface area contributed by atoms with Crippen molar-refractivity contribution in [2.75, 3.05) is 0 Å². The number of unbranched alkanes of at least 4 members (excludes halogenated alkanes) is 1. The number of aliphatic carboxylic acids is 1. The molecule has 0 saturated heterocycles. The van der Waals surface area contributed by atoms with Crippen LogP contribution in [0.3, 0.4) is 0 Å². The van der Waals surface area contributed by atoms with Crippen LogP contribution >= 0.6 is 0 Å². The number of carbonyl (C=O) groups is 1. The minimum absolute atomic E-state index is 0.0352. The molecule has 0 aliphatic heterocycles. The number of carboxylic acid groups (broad SMARTS) is 1. The van der Waals surface area contributed by atoms with Crippen molar-refractivity contribution >= 4 is 5.97 Å². The summed E-state index contributed by atoms with van der Waals surface area (Å²) in [6, 6.07) is -2.27. The lowest BCUT2D eigenvalue weighted by atomic mass is 9.94. The number of nitrogens with two attached hydrogens (primary N) is 1. The van der Waals surface area contributed by atoms with E-state index in [1.54, 1.807) is 6.92 Å². The third-order valence-electron chi connectivity index (χ3n) is 2.00. The van der Waals surface area contributed by atoms with Gasteiger partial charge in [-0.1, -0.05) is 19.8 Å². The first kappa shape index (κ1) is 13.2. The summed E-state index contributed by atoms with van der Waals surface area (Å²) in [6.07, 6.45) is -3.60. The van der Waals surface area contributed by atoms with E-state index in [9.17, 15) is 18.0 Å². The van der Waals surface area contributed by atoms with Crippen molar-refractivity contribution in [1.29, 1.82) is 0 Å². The second-order valence-corrected chi connectivity index (χ2v) is 3.15. The summed E-state index contributed by atoms with van der Waals surface area (Å²) in [7, 11) is 0. The van der Waals surface area contributed by atoms with E-state index >= 15 is 0 Å². The Labute approximate surface area is 80.1 Å². The molecule has 14 heavy (non-hydrogen) atoms. The molecule has 0 aromatic rings. The van der Waals surface area contributed by atoms with Gasteiger partial charge in [-0.2, -0.15) is 13.2 Å². The highest BCUT2D eigenvalue weighted by Gasteiger charge is 2.44. The molecule has 6 heteroatoms. The normalized spacial score (nSPS) is 16.4. The molecule has 0 spiro atoms. The maximum absolute atomic E-state index is 12.1. The standard InChI is InChI=1S/C8H14F3NO2/c1-2-3-4-5(7(13)14)6(12)8(9,10)11/h5-6H,2-4,12H2,1H3,(H,13,14)/t5-,6-/m1/s1. The Bertz CT molecular complexity index is 194. The Hall–Kier alpha value is -0.780. The Kier molecular flexibility index (Phi) is 4.90. The number of hydrogen-bond acceptors (Lipinski definition) is 2. The molecule has 2 atom stereocenters. The zero-order chi connectivity index (χ0) is 11.4. The molecule has 0 rings (SSSR count). The Morgan fingerprint density at radius 1 is 1.50 bits per heavy atom. The summed E-state index contributed by atoms with van der Waals surface area (Å²) in [5.41, 5.74) is 4.83. The quantitative estimate of drug-likeness (QED) is 0.731. The number of hydrogen-bond donors (Lipinski definition) is 2. The van der Waals surface area contributed by atoms with Crippen LogP contribution in [0.4, 0.5) is 13.2 Å². The number of carboxylic acids is 1. The fourth-order valence-electron chi connectivity index (χ4n) is 1.11. The first-order valence-electron chi connectivity index (χ1n) is 4.35. The van der Waals surface area contributed by atoms with Gasteiger partial charge in [-0.15, -0.1) is 0 Å². The summed E-state index contributed by atoms with van der Waals surface area (Å²) in [6.45, 7) is 1.78. The topological polar surface area (TPSA) is 63.3 Å². The van der Waals surface area contributed by atoms with Crippen LogP contribution in [-0.4, -0.2) is 23.3 Å². The molecule has 0 saturated carbocycles. The van der Waals surface area contributed by atoms with E-state index in [-0.39, 0.29) is 6.42 Å². The third kappa shape index (κ3) is 3.95. The number of rotatable bonds is 5. The fraction of sp³-hybridized carbons (Fsp3) is 0.875. The van der Waals surface area contributed by atoms with Crippen LogP contribution in [0.5, 0.6) is 0 Å². The maximum Gasteiger partial charge on any atom is 0.404 e. The molecule has 0 heterocycles. The van der Waals surface area contributed by atoms with Gasteiger partial charge in [0.25, 0.3) is 0 Å². The van der Waals surface area contributed by atoms with Gasteiger partial charge in [0.05, 0.1) is 5.92 Å². The molecule has 0 bridgehead atoms. The van der Waals surface area contributed by atoms with E-state index in [1.807, 2.05) is 0 Å². The average molecular weight is 213 g/mol. The molecule has 0 amide bonds. The summed E-state index contributed by atoms with van der Waals surface area (Å²) in [5.74, 6) is -3.02. The minimum Gasteiger partial charge on any atom is -0.481 e. The molecule has 0 aromatic carbocycles. The monoisotopic (exact) mass is 213 g/mol. The van der Waals surface area contributed by atoms with E-state index in [1.165, 1.54) is 0 Å². The number of halogens is 3. The molecule has 0 aliphatic rings. The smallest absolute Gasteiger partial charge is 0.404 e. The van der Waals surface area contributed by atoms with Gasteiger partial charge < -0.3 is 10.8 Å². The second-order valence-electron chi connectivity index (χ2n) is 3.15. The van der Waals surface area contributed by atoms with Crippen LogP contribution in [0, 0.1) is 5.92 Å². The van der Waals surface area contributed by atoms with Gasteiger partial charge in [0.2, 0.25) is 0 Å². The second kappa shape index (κ2) is 5.19. The molecule has 0 fully saturated rings. The highest BCUT2D eigenvalue weighted by molar-refractivity contribution is 5.71. The van der Waals surface area contributed by atoms with Crippen LogP contribution in [-0.2, 0) is 4.79 Å². The van der Waals surface area contributed by atoms with E-state index in [2.05, 4.69) is 0 Å². The fourth-order valence-corrected chi connectivity index (χ4v) is 1.11. The first-order chi connectivity index (χ1) is 6.30. The predicted molar refractivity (Wildman–Crippen MR) is 44.7 cm³/mol. The SMILES string of the molecule is CCCC[C@@H](C(=O)O)[C@@H](N)C(F)(F)F. The van der Waals surface area contributed by atoms with Gasteiger partial charge in [0, 0.05) is 0 Å².